The van der Waals surface area contributed by atoms with E-state index in [4.69, 9.17) is 11.6 Å². The molecular formula is C15H18ClN3. The zero-order valence-corrected chi connectivity index (χ0v) is 12.0. The van der Waals surface area contributed by atoms with Gasteiger partial charge in [-0.25, -0.2) is 0 Å². The predicted molar refractivity (Wildman–Crippen MR) is 79.6 cm³/mol. The molecule has 4 heteroatoms. The predicted octanol–water partition coefficient (Wildman–Crippen LogP) is 4.27. The van der Waals surface area contributed by atoms with Gasteiger partial charge in [0.25, 0.3) is 0 Å². The molecule has 1 fully saturated rings. The molecule has 1 aliphatic rings. The largest absolute Gasteiger partial charge is 0.365 e. The van der Waals surface area contributed by atoms with Crippen molar-refractivity contribution in [1.82, 2.24) is 10.2 Å². The van der Waals surface area contributed by atoms with Gasteiger partial charge in [-0.3, -0.25) is 0 Å². The molecule has 1 N–H and O–H groups in total. The summed E-state index contributed by atoms with van der Waals surface area (Å²) in [6.45, 7) is 4.64. The van der Waals surface area contributed by atoms with Crippen LogP contribution in [-0.2, 0) is 0 Å². The molecule has 19 heavy (non-hydrogen) atoms. The van der Waals surface area contributed by atoms with E-state index in [2.05, 4.69) is 29.4 Å². The molecule has 3 nitrogen and oxygen atoms in total. The Labute approximate surface area is 118 Å². The summed E-state index contributed by atoms with van der Waals surface area (Å²) in [5.74, 6) is 0.850. The van der Waals surface area contributed by atoms with Crippen LogP contribution in [0.5, 0.6) is 0 Å². The molecule has 1 aromatic carbocycles. The van der Waals surface area contributed by atoms with Crippen LogP contribution >= 0.6 is 11.6 Å². The zero-order chi connectivity index (χ0) is 13.5. The quantitative estimate of drug-likeness (QED) is 0.889. The monoisotopic (exact) mass is 275 g/mol. The summed E-state index contributed by atoms with van der Waals surface area (Å²) < 4.78 is 0. The molecule has 0 bridgehead atoms. The lowest BCUT2D eigenvalue weighted by Crippen LogP contribution is -2.18. The number of fused-ring (bicyclic) bond motifs is 1. The minimum atomic E-state index is 0.424. The molecule has 0 amide bonds. The molecule has 100 valence electrons. The number of anilines is 1. The van der Waals surface area contributed by atoms with E-state index in [9.17, 15) is 0 Å². The molecule has 0 spiro atoms. The van der Waals surface area contributed by atoms with Gasteiger partial charge >= 0.3 is 0 Å². The van der Waals surface area contributed by atoms with E-state index in [0.717, 1.165) is 16.6 Å². The van der Waals surface area contributed by atoms with Crippen LogP contribution in [0.1, 0.15) is 33.1 Å². The maximum atomic E-state index is 6.09. The van der Waals surface area contributed by atoms with Gasteiger partial charge in [-0.2, -0.15) is 0 Å². The highest BCUT2D eigenvalue weighted by molar-refractivity contribution is 6.34. The number of nitrogens with zero attached hydrogens (tertiary/aromatic N) is 2. The number of rotatable bonds is 2. The van der Waals surface area contributed by atoms with Crippen molar-refractivity contribution in [1.29, 1.82) is 0 Å². The first-order chi connectivity index (χ1) is 9.05. The van der Waals surface area contributed by atoms with Gasteiger partial charge in [0.05, 0.1) is 0 Å². The number of hydrogen-bond donors (Lipinski definition) is 1. The first-order valence-electron chi connectivity index (χ1n) is 6.73. The topological polar surface area (TPSA) is 37.8 Å². The summed E-state index contributed by atoms with van der Waals surface area (Å²) in [5.41, 5.74) is 0.424. The summed E-state index contributed by atoms with van der Waals surface area (Å²) >= 11 is 6.09. The molecule has 1 saturated carbocycles. The highest BCUT2D eigenvalue weighted by Gasteiger charge is 2.31. The van der Waals surface area contributed by atoms with E-state index in [-0.39, 0.29) is 0 Å². The smallest absolute Gasteiger partial charge is 0.159 e. The third-order valence-corrected chi connectivity index (χ3v) is 4.23. The van der Waals surface area contributed by atoms with E-state index < -0.39 is 0 Å². The third-order valence-electron chi connectivity index (χ3n) is 3.95. The van der Waals surface area contributed by atoms with Gasteiger partial charge in [-0.15, -0.1) is 10.2 Å². The number of benzene rings is 1. The fourth-order valence-corrected chi connectivity index (χ4v) is 3.13. The van der Waals surface area contributed by atoms with Crippen LogP contribution in [0, 0.1) is 5.41 Å². The SMILES string of the molecule is CC1(C)CCC(Nc2nnc(Cl)c3ccccc23)C1. The van der Waals surface area contributed by atoms with Crippen LogP contribution in [-0.4, -0.2) is 16.2 Å². The number of hydrogen-bond acceptors (Lipinski definition) is 3. The molecule has 0 aliphatic heterocycles. The van der Waals surface area contributed by atoms with Crippen molar-refractivity contribution in [3.8, 4) is 0 Å². The third kappa shape index (κ3) is 2.52. The van der Waals surface area contributed by atoms with Crippen molar-refractivity contribution >= 4 is 28.2 Å². The molecular weight excluding hydrogens is 258 g/mol. The van der Waals surface area contributed by atoms with Gasteiger partial charge in [0.15, 0.2) is 11.0 Å². The van der Waals surface area contributed by atoms with E-state index in [1.807, 2.05) is 24.3 Å². The van der Waals surface area contributed by atoms with Crippen molar-refractivity contribution < 1.29 is 0 Å². The summed E-state index contributed by atoms with van der Waals surface area (Å²) in [6, 6.07) is 8.48. The zero-order valence-electron chi connectivity index (χ0n) is 11.3. The molecule has 1 atom stereocenters. The van der Waals surface area contributed by atoms with Gasteiger partial charge in [-0.1, -0.05) is 49.7 Å². The summed E-state index contributed by atoms with van der Waals surface area (Å²) in [4.78, 5) is 0. The van der Waals surface area contributed by atoms with E-state index in [1.165, 1.54) is 19.3 Å². The highest BCUT2D eigenvalue weighted by Crippen LogP contribution is 2.38. The second kappa shape index (κ2) is 4.64. The van der Waals surface area contributed by atoms with Crippen LogP contribution in [0.4, 0.5) is 5.82 Å². The van der Waals surface area contributed by atoms with Crippen LogP contribution in [0.2, 0.25) is 5.15 Å². The van der Waals surface area contributed by atoms with Crippen molar-refractivity contribution in [3.63, 3.8) is 0 Å². The Balaban J connectivity index is 1.92. The molecule has 2 aromatic rings. The lowest BCUT2D eigenvalue weighted by Gasteiger charge is -2.18. The summed E-state index contributed by atoms with van der Waals surface area (Å²) in [7, 11) is 0. The van der Waals surface area contributed by atoms with Gasteiger partial charge in [0.1, 0.15) is 0 Å². The van der Waals surface area contributed by atoms with Crippen molar-refractivity contribution in [2.24, 2.45) is 5.41 Å². The van der Waals surface area contributed by atoms with Crippen LogP contribution in [0.15, 0.2) is 24.3 Å². The van der Waals surface area contributed by atoms with Crippen LogP contribution in [0.25, 0.3) is 10.8 Å². The van der Waals surface area contributed by atoms with Gasteiger partial charge in [0.2, 0.25) is 0 Å². The highest BCUT2D eigenvalue weighted by atomic mass is 35.5. The van der Waals surface area contributed by atoms with Crippen LogP contribution < -0.4 is 5.32 Å². The summed E-state index contributed by atoms with van der Waals surface area (Å²) in [6.07, 6.45) is 3.61. The molecule has 1 aromatic heterocycles. The number of aromatic nitrogens is 2. The Morgan fingerprint density at radius 1 is 1.21 bits per heavy atom. The normalized spacial score (nSPS) is 21.7. The van der Waals surface area contributed by atoms with E-state index in [0.29, 0.717) is 16.6 Å². The molecule has 0 radical (unpaired) electrons. The summed E-state index contributed by atoms with van der Waals surface area (Å²) in [5, 5.41) is 14.3. The average molecular weight is 276 g/mol. The van der Waals surface area contributed by atoms with Crippen LogP contribution in [0.3, 0.4) is 0 Å². The Morgan fingerprint density at radius 2 is 1.95 bits per heavy atom. The standard InChI is InChI=1S/C15H18ClN3/c1-15(2)8-7-10(9-15)17-14-12-6-4-3-5-11(12)13(16)18-19-14/h3-6,10H,7-9H2,1-2H3,(H,17,19). The molecule has 1 aliphatic carbocycles. The Bertz CT molecular complexity index is 609. The van der Waals surface area contributed by atoms with Crippen molar-refractivity contribution in [3.05, 3.63) is 29.4 Å². The fourth-order valence-electron chi connectivity index (χ4n) is 2.93. The Morgan fingerprint density at radius 3 is 2.63 bits per heavy atom. The fraction of sp³-hybridized carbons (Fsp3) is 0.467. The lowest BCUT2D eigenvalue weighted by molar-refractivity contribution is 0.378. The maximum absolute atomic E-state index is 6.09. The van der Waals surface area contributed by atoms with E-state index in [1.54, 1.807) is 0 Å². The van der Waals surface area contributed by atoms with Crippen molar-refractivity contribution in [2.75, 3.05) is 5.32 Å². The number of nitrogens with one attached hydrogen (secondary N) is 1. The molecule has 1 heterocycles. The maximum Gasteiger partial charge on any atom is 0.159 e. The first-order valence-corrected chi connectivity index (χ1v) is 7.10. The molecule has 1 unspecified atom stereocenters. The Hall–Kier alpha value is -1.35. The second-order valence-electron chi connectivity index (χ2n) is 6.13. The van der Waals surface area contributed by atoms with Crippen molar-refractivity contribution in [2.45, 2.75) is 39.2 Å². The minimum Gasteiger partial charge on any atom is -0.365 e. The Kier molecular flexibility index (Phi) is 3.09. The number of halogens is 1. The lowest BCUT2D eigenvalue weighted by atomic mass is 9.92. The molecule has 0 saturated heterocycles. The molecule has 3 rings (SSSR count). The minimum absolute atomic E-state index is 0.424. The average Bonchev–Trinajstić information content (AvgIpc) is 2.73. The van der Waals surface area contributed by atoms with Gasteiger partial charge in [0, 0.05) is 16.8 Å². The van der Waals surface area contributed by atoms with E-state index >= 15 is 0 Å². The second-order valence-corrected chi connectivity index (χ2v) is 6.49. The van der Waals surface area contributed by atoms with Gasteiger partial charge < -0.3 is 5.32 Å². The first kappa shape index (κ1) is 12.7. The van der Waals surface area contributed by atoms with Gasteiger partial charge in [-0.05, 0) is 24.7 Å².